The van der Waals surface area contributed by atoms with Crippen molar-refractivity contribution in [1.82, 2.24) is 0 Å². The Balaban J connectivity index is 2.99. The summed E-state index contributed by atoms with van der Waals surface area (Å²) < 4.78 is 22.4. The maximum Gasteiger partial charge on any atom is 0.238 e. The molecular formula is C10H17N3O3S. The zero-order valence-electron chi connectivity index (χ0n) is 9.55. The highest BCUT2D eigenvalue weighted by Crippen LogP contribution is 2.23. The highest BCUT2D eigenvalue weighted by Gasteiger charge is 2.11. The van der Waals surface area contributed by atoms with Crippen LogP contribution >= 0.6 is 0 Å². The molecule has 0 saturated heterocycles. The van der Waals surface area contributed by atoms with Crippen LogP contribution in [-0.2, 0) is 10.0 Å². The van der Waals surface area contributed by atoms with Gasteiger partial charge in [-0.2, -0.15) is 0 Å². The van der Waals surface area contributed by atoms with Crippen LogP contribution in [0.2, 0.25) is 0 Å². The molecule has 0 amide bonds. The van der Waals surface area contributed by atoms with Crippen LogP contribution < -0.4 is 16.2 Å². The van der Waals surface area contributed by atoms with Crippen LogP contribution in [0, 0.1) is 0 Å². The third-order valence-corrected chi connectivity index (χ3v) is 3.23. The fourth-order valence-corrected chi connectivity index (χ4v) is 1.91. The molecule has 0 saturated carbocycles. The second kappa shape index (κ2) is 5.35. The molecule has 0 aliphatic carbocycles. The SMILES string of the molecule is CC(CCO)Nc1cc(S(N)(=O)=O)ccc1N. The Morgan fingerprint density at radius 1 is 1.47 bits per heavy atom. The Hall–Kier alpha value is -1.31. The van der Waals surface area contributed by atoms with Crippen molar-refractivity contribution in [3.05, 3.63) is 18.2 Å². The lowest BCUT2D eigenvalue weighted by atomic mass is 10.2. The van der Waals surface area contributed by atoms with Crippen LogP contribution in [0.25, 0.3) is 0 Å². The van der Waals surface area contributed by atoms with E-state index in [0.717, 1.165) is 0 Å². The summed E-state index contributed by atoms with van der Waals surface area (Å²) in [7, 11) is -3.74. The van der Waals surface area contributed by atoms with E-state index in [1.54, 1.807) is 0 Å². The van der Waals surface area contributed by atoms with Crippen molar-refractivity contribution in [2.45, 2.75) is 24.3 Å². The zero-order valence-corrected chi connectivity index (χ0v) is 10.4. The minimum Gasteiger partial charge on any atom is -0.397 e. The maximum atomic E-state index is 11.2. The Kier molecular flexibility index (Phi) is 4.33. The van der Waals surface area contributed by atoms with Gasteiger partial charge in [0.1, 0.15) is 0 Å². The summed E-state index contributed by atoms with van der Waals surface area (Å²) in [5.41, 5.74) is 6.65. The van der Waals surface area contributed by atoms with E-state index in [1.165, 1.54) is 18.2 Å². The molecule has 1 atom stereocenters. The number of nitrogens with one attached hydrogen (secondary N) is 1. The highest BCUT2D eigenvalue weighted by molar-refractivity contribution is 7.89. The van der Waals surface area contributed by atoms with E-state index in [2.05, 4.69) is 5.32 Å². The predicted molar refractivity (Wildman–Crippen MR) is 67.0 cm³/mol. The number of hydrogen-bond acceptors (Lipinski definition) is 5. The fourth-order valence-electron chi connectivity index (χ4n) is 1.37. The Bertz CT molecular complexity index is 488. The van der Waals surface area contributed by atoms with E-state index in [0.29, 0.717) is 17.8 Å². The molecule has 6 N–H and O–H groups in total. The Morgan fingerprint density at radius 3 is 2.65 bits per heavy atom. The van der Waals surface area contributed by atoms with Crippen molar-refractivity contribution in [1.29, 1.82) is 0 Å². The van der Waals surface area contributed by atoms with E-state index in [-0.39, 0.29) is 17.5 Å². The first-order chi connectivity index (χ1) is 7.84. The average Bonchev–Trinajstić information content (AvgIpc) is 2.20. The van der Waals surface area contributed by atoms with Crippen LogP contribution in [0.1, 0.15) is 13.3 Å². The topological polar surface area (TPSA) is 118 Å². The summed E-state index contributed by atoms with van der Waals surface area (Å²) in [6.45, 7) is 1.90. The van der Waals surface area contributed by atoms with E-state index < -0.39 is 10.0 Å². The normalized spacial score (nSPS) is 13.4. The maximum absolute atomic E-state index is 11.2. The third kappa shape index (κ3) is 3.88. The number of aliphatic hydroxyl groups excluding tert-OH is 1. The summed E-state index contributed by atoms with van der Waals surface area (Å²) in [6.07, 6.45) is 0.541. The fraction of sp³-hybridized carbons (Fsp3) is 0.400. The molecule has 1 rings (SSSR count). The predicted octanol–water partition coefficient (Wildman–Crippen LogP) is 0.0990. The van der Waals surface area contributed by atoms with Crippen LogP contribution in [0.15, 0.2) is 23.1 Å². The smallest absolute Gasteiger partial charge is 0.238 e. The van der Waals surface area contributed by atoms with Crippen molar-refractivity contribution in [3.8, 4) is 0 Å². The first-order valence-electron chi connectivity index (χ1n) is 5.14. The second-order valence-electron chi connectivity index (χ2n) is 3.85. The molecule has 0 radical (unpaired) electrons. The third-order valence-electron chi connectivity index (χ3n) is 2.32. The molecule has 0 bridgehead atoms. The number of sulfonamides is 1. The lowest BCUT2D eigenvalue weighted by Crippen LogP contribution is -2.18. The number of rotatable bonds is 5. The summed E-state index contributed by atoms with van der Waals surface area (Å²) in [5.74, 6) is 0. The molecule has 0 aliphatic heterocycles. The van der Waals surface area contributed by atoms with Crippen molar-refractivity contribution in [2.75, 3.05) is 17.7 Å². The quantitative estimate of drug-likeness (QED) is 0.559. The van der Waals surface area contributed by atoms with Gasteiger partial charge in [-0.3, -0.25) is 0 Å². The second-order valence-corrected chi connectivity index (χ2v) is 5.41. The van der Waals surface area contributed by atoms with Gasteiger partial charge < -0.3 is 16.2 Å². The number of primary sulfonamides is 1. The first kappa shape index (κ1) is 13.8. The van der Waals surface area contributed by atoms with Crippen molar-refractivity contribution in [2.24, 2.45) is 5.14 Å². The molecule has 1 unspecified atom stereocenters. The van der Waals surface area contributed by atoms with Gasteiger partial charge in [-0.1, -0.05) is 0 Å². The number of aliphatic hydroxyl groups is 1. The molecule has 7 heteroatoms. The van der Waals surface area contributed by atoms with E-state index in [9.17, 15) is 8.42 Å². The summed E-state index contributed by atoms with van der Waals surface area (Å²) in [6, 6.07) is 4.21. The van der Waals surface area contributed by atoms with Gasteiger partial charge in [0.25, 0.3) is 0 Å². The molecule has 17 heavy (non-hydrogen) atoms. The van der Waals surface area contributed by atoms with Crippen molar-refractivity contribution < 1.29 is 13.5 Å². The first-order valence-corrected chi connectivity index (χ1v) is 6.69. The van der Waals surface area contributed by atoms with Gasteiger partial charge >= 0.3 is 0 Å². The number of anilines is 2. The molecule has 0 heterocycles. The lowest BCUT2D eigenvalue weighted by molar-refractivity contribution is 0.282. The van der Waals surface area contributed by atoms with Gasteiger partial charge in [0.05, 0.1) is 16.3 Å². The van der Waals surface area contributed by atoms with Crippen LogP contribution in [0.5, 0.6) is 0 Å². The zero-order chi connectivity index (χ0) is 13.1. The van der Waals surface area contributed by atoms with Gasteiger partial charge in [-0.05, 0) is 31.5 Å². The molecule has 0 fully saturated rings. The molecule has 96 valence electrons. The largest absolute Gasteiger partial charge is 0.397 e. The van der Waals surface area contributed by atoms with Gasteiger partial charge in [0, 0.05) is 12.6 Å². The Morgan fingerprint density at radius 2 is 2.12 bits per heavy atom. The lowest BCUT2D eigenvalue weighted by Gasteiger charge is -2.16. The van der Waals surface area contributed by atoms with E-state index in [4.69, 9.17) is 16.0 Å². The van der Waals surface area contributed by atoms with E-state index >= 15 is 0 Å². The molecule has 0 spiro atoms. The summed E-state index contributed by atoms with van der Waals surface area (Å²) in [4.78, 5) is 0.00500. The minimum absolute atomic E-state index is 0.00500. The molecule has 1 aromatic rings. The number of nitrogens with two attached hydrogens (primary N) is 2. The molecule has 6 nitrogen and oxygen atoms in total. The van der Waals surface area contributed by atoms with Gasteiger partial charge in [0.2, 0.25) is 10.0 Å². The van der Waals surface area contributed by atoms with E-state index in [1.807, 2.05) is 6.92 Å². The standard InChI is InChI=1S/C10H17N3O3S/c1-7(4-5-14)13-10-6-8(17(12,15)16)2-3-9(10)11/h2-3,6-7,13-14H,4-5,11H2,1H3,(H2,12,15,16). The number of hydrogen-bond donors (Lipinski definition) is 4. The summed E-state index contributed by atoms with van der Waals surface area (Å²) in [5, 5.41) is 16.8. The molecule has 1 aromatic carbocycles. The summed E-state index contributed by atoms with van der Waals surface area (Å²) >= 11 is 0. The highest BCUT2D eigenvalue weighted by atomic mass is 32.2. The van der Waals surface area contributed by atoms with Crippen molar-refractivity contribution in [3.63, 3.8) is 0 Å². The molecular weight excluding hydrogens is 242 g/mol. The molecule has 0 aromatic heterocycles. The van der Waals surface area contributed by atoms with Crippen LogP contribution in [0.3, 0.4) is 0 Å². The van der Waals surface area contributed by atoms with Gasteiger partial charge in [-0.25, -0.2) is 13.6 Å². The number of nitrogen functional groups attached to an aromatic ring is 1. The number of benzene rings is 1. The molecule has 0 aliphatic rings. The monoisotopic (exact) mass is 259 g/mol. The van der Waals surface area contributed by atoms with Gasteiger partial charge in [-0.15, -0.1) is 0 Å². The van der Waals surface area contributed by atoms with Crippen molar-refractivity contribution >= 4 is 21.4 Å². The van der Waals surface area contributed by atoms with Crippen LogP contribution in [0.4, 0.5) is 11.4 Å². The van der Waals surface area contributed by atoms with Gasteiger partial charge in [0.15, 0.2) is 0 Å². The Labute approximate surface area is 101 Å². The average molecular weight is 259 g/mol. The van der Waals surface area contributed by atoms with Crippen LogP contribution in [-0.4, -0.2) is 26.2 Å². The minimum atomic E-state index is -3.74.